The average molecular weight is 409 g/mol. The van der Waals surface area contributed by atoms with Crippen LogP contribution >= 0.6 is 24.0 Å². The molecule has 138 valence electrons. The maximum atomic E-state index is 12.8. The van der Waals surface area contributed by atoms with E-state index in [0.717, 1.165) is 17.3 Å². The molecule has 4 rings (SSSR count). The van der Waals surface area contributed by atoms with E-state index in [-0.39, 0.29) is 21.3 Å². The van der Waals surface area contributed by atoms with E-state index < -0.39 is 11.9 Å². The number of hydrogen-bond donors (Lipinski definition) is 2. The zero-order chi connectivity index (χ0) is 19.8. The molecule has 0 radical (unpaired) electrons. The molecule has 2 aromatic carbocycles. The molecule has 1 amide bonds. The molecule has 3 aromatic rings. The predicted octanol–water partition coefficient (Wildman–Crippen LogP) is 3.44. The molecule has 0 saturated carbocycles. The van der Waals surface area contributed by atoms with E-state index >= 15 is 0 Å². The Morgan fingerprint density at radius 3 is 2.68 bits per heavy atom. The molecular weight excluding hydrogens is 398 g/mol. The van der Waals surface area contributed by atoms with Crippen LogP contribution in [0, 0.1) is 0 Å². The van der Waals surface area contributed by atoms with Gasteiger partial charge < -0.3 is 10.2 Å². The number of benzene rings is 2. The molecule has 1 aromatic heterocycles. The average Bonchev–Trinajstić information content (AvgIpc) is 2.95. The zero-order valence-corrected chi connectivity index (χ0v) is 15.7. The second kappa shape index (κ2) is 7.02. The number of aromatic hydroxyl groups is 1. The van der Waals surface area contributed by atoms with Crippen molar-refractivity contribution in [1.82, 2.24) is 9.97 Å². The summed E-state index contributed by atoms with van der Waals surface area (Å²) in [7, 11) is 0. The highest BCUT2D eigenvalue weighted by atomic mass is 32.2. The number of para-hydroxylation sites is 2. The summed E-state index contributed by atoms with van der Waals surface area (Å²) in [5.41, 5.74) is 1.92. The number of fused-ring (bicyclic) bond motifs is 1. The maximum absolute atomic E-state index is 12.8. The number of carboxylic acids is 1. The van der Waals surface area contributed by atoms with Gasteiger partial charge in [0.2, 0.25) is 0 Å². The van der Waals surface area contributed by atoms with Gasteiger partial charge in [-0.2, -0.15) is 0 Å². The highest BCUT2D eigenvalue weighted by molar-refractivity contribution is 8.27. The number of carbonyl (C=O) groups excluding carboxylic acids is 1. The van der Waals surface area contributed by atoms with Gasteiger partial charge in [0.15, 0.2) is 4.32 Å². The van der Waals surface area contributed by atoms with Gasteiger partial charge in [0.05, 0.1) is 33.5 Å². The Bertz CT molecular complexity index is 1190. The fourth-order valence-corrected chi connectivity index (χ4v) is 3.98. The molecule has 1 aliphatic heterocycles. The highest BCUT2D eigenvalue weighted by Gasteiger charge is 2.34. The topological polar surface area (TPSA) is 104 Å². The smallest absolute Gasteiger partial charge is 0.339 e. The van der Waals surface area contributed by atoms with Crippen LogP contribution in [0.2, 0.25) is 0 Å². The van der Waals surface area contributed by atoms with Crippen LogP contribution in [0.1, 0.15) is 16.1 Å². The van der Waals surface area contributed by atoms with E-state index in [1.165, 1.54) is 23.1 Å². The minimum atomic E-state index is -1.30. The molecule has 0 unspecified atom stereocenters. The quantitative estimate of drug-likeness (QED) is 0.501. The van der Waals surface area contributed by atoms with Crippen molar-refractivity contribution in [3.63, 3.8) is 0 Å². The Hall–Kier alpha value is -3.30. The van der Waals surface area contributed by atoms with Crippen molar-refractivity contribution in [3.8, 4) is 5.75 Å². The SMILES string of the molecule is O=C(O)c1cc(N2C(=O)/C(=C\c3cnc4ccccc4n3)SC2=S)ccc1O. The van der Waals surface area contributed by atoms with Crippen molar-refractivity contribution < 1.29 is 19.8 Å². The van der Waals surface area contributed by atoms with Gasteiger partial charge in [-0.1, -0.05) is 36.1 Å². The van der Waals surface area contributed by atoms with Crippen LogP contribution in [0.4, 0.5) is 5.69 Å². The molecule has 7 nitrogen and oxygen atoms in total. The van der Waals surface area contributed by atoms with Crippen molar-refractivity contribution in [3.05, 3.63) is 64.8 Å². The molecule has 1 saturated heterocycles. The van der Waals surface area contributed by atoms with Gasteiger partial charge in [-0.25, -0.2) is 9.78 Å². The van der Waals surface area contributed by atoms with Crippen molar-refractivity contribution in [2.24, 2.45) is 0 Å². The number of thiocarbonyl (C=S) groups is 1. The van der Waals surface area contributed by atoms with E-state index in [4.69, 9.17) is 12.2 Å². The third-order valence-electron chi connectivity index (χ3n) is 4.01. The normalized spacial score (nSPS) is 15.6. The lowest BCUT2D eigenvalue weighted by Crippen LogP contribution is -2.27. The lowest BCUT2D eigenvalue weighted by molar-refractivity contribution is -0.113. The summed E-state index contributed by atoms with van der Waals surface area (Å²) in [4.78, 5) is 34.4. The van der Waals surface area contributed by atoms with E-state index in [2.05, 4.69) is 9.97 Å². The number of phenols is 1. The molecule has 28 heavy (non-hydrogen) atoms. The Morgan fingerprint density at radius 2 is 1.93 bits per heavy atom. The lowest BCUT2D eigenvalue weighted by atomic mass is 10.1. The zero-order valence-electron chi connectivity index (χ0n) is 14.1. The van der Waals surface area contributed by atoms with Crippen LogP contribution in [0.15, 0.2) is 53.6 Å². The summed E-state index contributed by atoms with van der Waals surface area (Å²) in [5.74, 6) is -2.08. The molecule has 1 aliphatic rings. The fourth-order valence-electron chi connectivity index (χ4n) is 2.70. The van der Waals surface area contributed by atoms with Gasteiger partial charge in [-0.15, -0.1) is 0 Å². The van der Waals surface area contributed by atoms with E-state index in [1.54, 1.807) is 12.3 Å². The molecular formula is C19H11N3O4S2. The number of aromatic carboxylic acids is 1. The van der Waals surface area contributed by atoms with Crippen molar-refractivity contribution in [2.75, 3.05) is 4.90 Å². The van der Waals surface area contributed by atoms with Crippen molar-refractivity contribution in [2.45, 2.75) is 0 Å². The summed E-state index contributed by atoms with van der Waals surface area (Å²) in [6.45, 7) is 0. The number of rotatable bonds is 3. The number of aromatic nitrogens is 2. The number of anilines is 1. The first-order valence-electron chi connectivity index (χ1n) is 8.00. The highest BCUT2D eigenvalue weighted by Crippen LogP contribution is 2.37. The minimum absolute atomic E-state index is 0.257. The maximum Gasteiger partial charge on any atom is 0.339 e. The third kappa shape index (κ3) is 3.21. The Labute approximate surface area is 168 Å². The number of thioether (sulfide) groups is 1. The van der Waals surface area contributed by atoms with Gasteiger partial charge in [-0.05, 0) is 36.4 Å². The van der Waals surface area contributed by atoms with Gasteiger partial charge in [0.25, 0.3) is 5.91 Å². The lowest BCUT2D eigenvalue weighted by Gasteiger charge is -2.15. The van der Waals surface area contributed by atoms with Crippen molar-refractivity contribution in [1.29, 1.82) is 0 Å². The second-order valence-corrected chi connectivity index (χ2v) is 7.48. The number of carbonyl (C=O) groups is 2. The number of amides is 1. The van der Waals surface area contributed by atoms with Crippen molar-refractivity contribution >= 4 is 63.0 Å². The first kappa shape index (κ1) is 18.1. The summed E-state index contributed by atoms with van der Waals surface area (Å²) >= 11 is 6.38. The van der Waals surface area contributed by atoms with E-state index in [1.807, 2.05) is 24.3 Å². The predicted molar refractivity (Wildman–Crippen MR) is 110 cm³/mol. The van der Waals surface area contributed by atoms with Gasteiger partial charge in [0, 0.05) is 0 Å². The molecule has 2 N–H and O–H groups in total. The van der Waals surface area contributed by atoms with Gasteiger partial charge in [-0.3, -0.25) is 14.7 Å². The first-order valence-corrected chi connectivity index (χ1v) is 9.22. The summed E-state index contributed by atoms with van der Waals surface area (Å²) < 4.78 is 0.257. The number of nitrogens with zero attached hydrogens (tertiary/aromatic N) is 3. The third-order valence-corrected chi connectivity index (χ3v) is 5.31. The molecule has 0 bridgehead atoms. The number of hydrogen-bond acceptors (Lipinski definition) is 7. The molecule has 0 atom stereocenters. The second-order valence-electron chi connectivity index (χ2n) is 5.81. The molecule has 9 heteroatoms. The van der Waals surface area contributed by atoms with Gasteiger partial charge in [0.1, 0.15) is 11.3 Å². The molecule has 2 heterocycles. The first-order chi connectivity index (χ1) is 13.4. The standard InChI is InChI=1S/C19H11N3O4S2/c23-15-6-5-11(8-12(15)18(25)26)22-17(24)16(28-19(22)27)7-10-9-20-13-3-1-2-4-14(13)21-10/h1-9,23H,(H,25,26)/b16-7+. The number of carboxylic acid groups (broad SMARTS) is 1. The Morgan fingerprint density at radius 1 is 1.18 bits per heavy atom. The summed E-state index contributed by atoms with van der Waals surface area (Å²) in [5, 5.41) is 18.8. The Balaban J connectivity index is 1.69. The molecule has 0 aliphatic carbocycles. The molecule has 1 fully saturated rings. The van der Waals surface area contributed by atoms with Crippen LogP contribution in [0.5, 0.6) is 5.75 Å². The Kier molecular flexibility index (Phi) is 4.54. The van der Waals surface area contributed by atoms with E-state index in [9.17, 15) is 19.8 Å². The summed E-state index contributed by atoms with van der Waals surface area (Å²) in [6, 6.07) is 11.3. The molecule has 0 spiro atoms. The van der Waals surface area contributed by atoms with Gasteiger partial charge >= 0.3 is 5.97 Å². The fraction of sp³-hybridized carbons (Fsp3) is 0. The minimum Gasteiger partial charge on any atom is -0.507 e. The van der Waals surface area contributed by atoms with Crippen LogP contribution in [-0.2, 0) is 4.79 Å². The van der Waals surface area contributed by atoms with Crippen LogP contribution in [0.25, 0.3) is 17.1 Å². The monoisotopic (exact) mass is 409 g/mol. The summed E-state index contributed by atoms with van der Waals surface area (Å²) in [6.07, 6.45) is 3.16. The van der Waals surface area contributed by atoms with Crippen LogP contribution in [-0.4, -0.2) is 36.4 Å². The van der Waals surface area contributed by atoms with Crippen LogP contribution < -0.4 is 4.90 Å². The van der Waals surface area contributed by atoms with E-state index in [0.29, 0.717) is 16.1 Å². The van der Waals surface area contributed by atoms with Crippen LogP contribution in [0.3, 0.4) is 0 Å². The largest absolute Gasteiger partial charge is 0.507 e.